The van der Waals surface area contributed by atoms with Gasteiger partial charge in [-0.05, 0) is 87.3 Å². The van der Waals surface area contributed by atoms with E-state index in [1.807, 2.05) is 62.1 Å². The summed E-state index contributed by atoms with van der Waals surface area (Å²) in [7, 11) is 0. The summed E-state index contributed by atoms with van der Waals surface area (Å²) < 4.78 is 31.8. The number of aryl methyl sites for hydroxylation is 1. The Bertz CT molecular complexity index is 1220. The van der Waals surface area contributed by atoms with Crippen molar-refractivity contribution in [3.05, 3.63) is 83.7 Å². The van der Waals surface area contributed by atoms with Crippen molar-refractivity contribution < 1.29 is 23.4 Å². The average Bonchev–Trinajstić information content (AvgIpc) is 2.92. The van der Waals surface area contributed by atoms with Gasteiger partial charge in [-0.15, -0.1) is 0 Å². The van der Waals surface area contributed by atoms with Gasteiger partial charge in [-0.25, -0.2) is 9.18 Å². The van der Waals surface area contributed by atoms with Crippen molar-refractivity contribution in [3.8, 4) is 22.6 Å². The van der Waals surface area contributed by atoms with Crippen LogP contribution in [-0.4, -0.2) is 36.3 Å². The number of rotatable bonds is 9. The lowest BCUT2D eigenvalue weighted by atomic mass is 9.95. The van der Waals surface area contributed by atoms with Crippen LogP contribution in [0.4, 0.5) is 9.18 Å². The summed E-state index contributed by atoms with van der Waals surface area (Å²) in [5.74, 6) is 1.59. The molecule has 1 fully saturated rings. The van der Waals surface area contributed by atoms with Crippen molar-refractivity contribution in [2.75, 3.05) is 19.7 Å². The van der Waals surface area contributed by atoms with Crippen molar-refractivity contribution in [3.63, 3.8) is 0 Å². The summed E-state index contributed by atoms with van der Waals surface area (Å²) in [6.07, 6.45) is 3.44. The highest BCUT2D eigenvalue weighted by Crippen LogP contribution is 2.37. The van der Waals surface area contributed by atoms with Gasteiger partial charge in [0.15, 0.2) is 0 Å². The molecule has 1 atom stereocenters. The number of benzene rings is 3. The average molecular weight is 534 g/mol. The summed E-state index contributed by atoms with van der Waals surface area (Å²) in [4.78, 5) is 14.4. The maximum atomic E-state index is 13.6. The van der Waals surface area contributed by atoms with Crippen LogP contribution in [0.5, 0.6) is 11.5 Å². The summed E-state index contributed by atoms with van der Waals surface area (Å²) in [6, 6.07) is 20.6. The molecule has 39 heavy (non-hydrogen) atoms. The first kappa shape index (κ1) is 28.5. The number of carbonyl (C=O) groups is 1. The second-order valence-corrected chi connectivity index (χ2v) is 11.2. The molecule has 1 aliphatic heterocycles. The molecule has 0 radical (unpaired) electrons. The minimum atomic E-state index is -0.496. The zero-order chi connectivity index (χ0) is 27.8. The number of carbonyl (C=O) groups excluding carboxylic acids is 1. The Morgan fingerprint density at radius 1 is 1.00 bits per heavy atom. The monoisotopic (exact) mass is 533 g/mol. The molecule has 1 saturated heterocycles. The van der Waals surface area contributed by atoms with Crippen molar-refractivity contribution in [2.45, 2.75) is 65.6 Å². The molecule has 3 aromatic rings. The fraction of sp³-hybridized carbons (Fsp3) is 0.424. The number of hydrogen-bond donors (Lipinski definition) is 0. The van der Waals surface area contributed by atoms with E-state index >= 15 is 0 Å². The topological polar surface area (TPSA) is 48.0 Å². The molecule has 3 aromatic carbocycles. The maximum Gasteiger partial charge on any atom is 0.410 e. The van der Waals surface area contributed by atoms with E-state index in [4.69, 9.17) is 14.2 Å². The Morgan fingerprint density at radius 2 is 1.74 bits per heavy atom. The lowest BCUT2D eigenvalue weighted by Crippen LogP contribution is -2.43. The Morgan fingerprint density at radius 3 is 2.44 bits per heavy atom. The molecule has 0 spiro atoms. The highest BCUT2D eigenvalue weighted by atomic mass is 19.1. The number of amides is 1. The standard InChI is InChI=1S/C33H40FNO4/c1-5-26-20-29(27-13-15-28(34)16-14-27)31(38-23-25-10-7-6-8-11-25)21-30(26)37-19-17-24-12-9-18-35(22-24)32(36)39-33(2,3)4/h6-8,10-11,13-16,20-21,24H,5,9,12,17-19,22-23H2,1-4H3. The molecule has 5 nitrogen and oxygen atoms in total. The van der Waals surface area contributed by atoms with Crippen molar-refractivity contribution >= 4 is 6.09 Å². The predicted octanol–water partition coefficient (Wildman–Crippen LogP) is 8.05. The third kappa shape index (κ3) is 8.22. The Labute approximate surface area is 231 Å². The van der Waals surface area contributed by atoms with Crippen molar-refractivity contribution in [1.82, 2.24) is 4.90 Å². The minimum Gasteiger partial charge on any atom is -0.493 e. The van der Waals surface area contributed by atoms with Gasteiger partial charge in [-0.3, -0.25) is 0 Å². The molecule has 0 bridgehead atoms. The van der Waals surface area contributed by atoms with E-state index in [-0.39, 0.29) is 11.9 Å². The van der Waals surface area contributed by atoms with E-state index in [1.165, 1.54) is 12.1 Å². The van der Waals surface area contributed by atoms with Crippen LogP contribution >= 0.6 is 0 Å². The van der Waals surface area contributed by atoms with Gasteiger partial charge in [-0.2, -0.15) is 0 Å². The van der Waals surface area contributed by atoms with Crippen LogP contribution in [0, 0.1) is 11.7 Å². The first-order chi connectivity index (χ1) is 18.7. The molecular formula is C33H40FNO4. The van der Waals surface area contributed by atoms with Gasteiger partial charge in [0.25, 0.3) is 0 Å². The molecule has 208 valence electrons. The second-order valence-electron chi connectivity index (χ2n) is 11.2. The molecule has 4 rings (SSSR count). The lowest BCUT2D eigenvalue weighted by Gasteiger charge is -2.34. The quantitative estimate of drug-likeness (QED) is 0.279. The summed E-state index contributed by atoms with van der Waals surface area (Å²) in [5.41, 5.74) is 3.45. The lowest BCUT2D eigenvalue weighted by molar-refractivity contribution is 0.0154. The number of piperidine rings is 1. The van der Waals surface area contributed by atoms with Gasteiger partial charge in [0.05, 0.1) is 6.61 Å². The Hall–Kier alpha value is -3.54. The summed E-state index contributed by atoms with van der Waals surface area (Å²) in [6.45, 7) is 10.2. The normalized spacial score (nSPS) is 15.6. The van der Waals surface area contributed by atoms with Crippen molar-refractivity contribution in [1.29, 1.82) is 0 Å². The van der Waals surface area contributed by atoms with E-state index in [0.29, 0.717) is 31.4 Å². The van der Waals surface area contributed by atoms with Crippen LogP contribution in [0.1, 0.15) is 58.1 Å². The number of nitrogens with zero attached hydrogens (tertiary/aromatic N) is 1. The minimum absolute atomic E-state index is 0.238. The molecule has 1 heterocycles. The van der Waals surface area contributed by atoms with E-state index in [2.05, 4.69) is 13.0 Å². The van der Waals surface area contributed by atoms with Crippen LogP contribution in [0.3, 0.4) is 0 Å². The molecule has 0 N–H and O–H groups in total. The van der Waals surface area contributed by atoms with E-state index in [1.54, 1.807) is 12.1 Å². The Balaban J connectivity index is 1.47. The predicted molar refractivity (Wildman–Crippen MR) is 153 cm³/mol. The van der Waals surface area contributed by atoms with Crippen molar-refractivity contribution in [2.24, 2.45) is 5.92 Å². The Kier molecular flexibility index (Phi) is 9.50. The fourth-order valence-corrected chi connectivity index (χ4v) is 4.85. The first-order valence-electron chi connectivity index (χ1n) is 13.9. The van der Waals surface area contributed by atoms with Crippen LogP contribution in [-0.2, 0) is 17.8 Å². The van der Waals surface area contributed by atoms with Gasteiger partial charge < -0.3 is 19.1 Å². The van der Waals surface area contributed by atoms with Gasteiger partial charge >= 0.3 is 6.09 Å². The fourth-order valence-electron chi connectivity index (χ4n) is 4.85. The second kappa shape index (κ2) is 13.0. The van der Waals surface area contributed by atoms with Gasteiger partial charge in [0, 0.05) is 24.7 Å². The first-order valence-corrected chi connectivity index (χ1v) is 13.9. The number of hydrogen-bond acceptors (Lipinski definition) is 4. The maximum absolute atomic E-state index is 13.6. The molecular weight excluding hydrogens is 493 g/mol. The third-order valence-electron chi connectivity index (χ3n) is 6.89. The molecule has 0 aromatic heterocycles. The van der Waals surface area contributed by atoms with E-state index in [0.717, 1.165) is 60.2 Å². The molecule has 1 amide bonds. The van der Waals surface area contributed by atoms with Gasteiger partial charge in [0.2, 0.25) is 0 Å². The zero-order valence-corrected chi connectivity index (χ0v) is 23.5. The van der Waals surface area contributed by atoms with E-state index in [9.17, 15) is 9.18 Å². The van der Waals surface area contributed by atoms with Gasteiger partial charge in [-0.1, -0.05) is 49.4 Å². The number of halogens is 1. The smallest absolute Gasteiger partial charge is 0.410 e. The zero-order valence-electron chi connectivity index (χ0n) is 23.5. The molecule has 1 unspecified atom stereocenters. The highest BCUT2D eigenvalue weighted by molar-refractivity contribution is 5.73. The summed E-state index contributed by atoms with van der Waals surface area (Å²) in [5, 5.41) is 0. The summed E-state index contributed by atoms with van der Waals surface area (Å²) >= 11 is 0. The van der Waals surface area contributed by atoms with Crippen LogP contribution in [0.15, 0.2) is 66.7 Å². The van der Waals surface area contributed by atoms with Crippen LogP contribution in [0.2, 0.25) is 0 Å². The van der Waals surface area contributed by atoms with Crippen LogP contribution in [0.25, 0.3) is 11.1 Å². The molecule has 0 saturated carbocycles. The third-order valence-corrected chi connectivity index (χ3v) is 6.89. The number of likely N-dealkylation sites (tertiary alicyclic amines) is 1. The van der Waals surface area contributed by atoms with E-state index < -0.39 is 5.60 Å². The SMILES string of the molecule is CCc1cc(-c2ccc(F)cc2)c(OCc2ccccc2)cc1OCCC1CCCN(C(=O)OC(C)(C)C)C1. The highest BCUT2D eigenvalue weighted by Gasteiger charge is 2.27. The largest absolute Gasteiger partial charge is 0.493 e. The van der Waals surface area contributed by atoms with Gasteiger partial charge in [0.1, 0.15) is 29.5 Å². The molecule has 6 heteroatoms. The van der Waals surface area contributed by atoms with Crippen LogP contribution < -0.4 is 9.47 Å². The molecule has 0 aliphatic carbocycles. The number of ether oxygens (including phenoxy) is 3. The molecule has 1 aliphatic rings.